The van der Waals surface area contributed by atoms with Crippen LogP contribution in [0.5, 0.6) is 0 Å². The number of urea groups is 1. The van der Waals surface area contributed by atoms with Gasteiger partial charge in [-0.3, -0.25) is 4.79 Å². The Hall–Kier alpha value is -2.12. The third kappa shape index (κ3) is 5.28. The smallest absolute Gasteiger partial charge is 0.315 e. The molecule has 0 fully saturated rings. The van der Waals surface area contributed by atoms with Crippen LogP contribution in [-0.4, -0.2) is 39.3 Å². The van der Waals surface area contributed by atoms with Gasteiger partial charge in [-0.2, -0.15) is 4.98 Å². The first-order valence-corrected chi connectivity index (χ1v) is 5.42. The van der Waals surface area contributed by atoms with E-state index in [2.05, 4.69) is 20.8 Å². The maximum absolute atomic E-state index is 11.5. The monoisotopic (exact) mass is 256 g/mol. The zero-order valence-electron chi connectivity index (χ0n) is 10.3. The van der Waals surface area contributed by atoms with Crippen molar-refractivity contribution in [3.63, 3.8) is 0 Å². The number of carbonyl (C=O) groups excluding carboxylic acids is 1. The molecule has 0 bridgehead atoms. The molecule has 1 aromatic rings. The average molecular weight is 256 g/mol. The molecule has 1 heterocycles. The van der Waals surface area contributed by atoms with Gasteiger partial charge in [0.05, 0.1) is 6.42 Å². The maximum Gasteiger partial charge on any atom is 0.315 e. The molecule has 0 aliphatic heterocycles. The van der Waals surface area contributed by atoms with Crippen molar-refractivity contribution in [3.05, 3.63) is 12.2 Å². The molecule has 0 aliphatic carbocycles. The van der Waals surface area contributed by atoms with Gasteiger partial charge in [0.1, 0.15) is 0 Å². The topological polar surface area (TPSA) is 117 Å². The third-order valence-electron chi connectivity index (χ3n) is 2.08. The van der Waals surface area contributed by atoms with E-state index >= 15 is 0 Å². The van der Waals surface area contributed by atoms with E-state index < -0.39 is 17.5 Å². The number of hydrogen-bond donors (Lipinski definition) is 3. The van der Waals surface area contributed by atoms with Crippen molar-refractivity contribution >= 4 is 12.0 Å². The SMILES string of the molecule is CC(C)(CC(=O)O)NC(=O)NCCc1ncno1. The first kappa shape index (κ1) is 13.9. The fraction of sp³-hybridized carbons (Fsp3) is 0.600. The average Bonchev–Trinajstić information content (AvgIpc) is 2.66. The van der Waals surface area contributed by atoms with E-state index in [0.29, 0.717) is 18.9 Å². The van der Waals surface area contributed by atoms with E-state index in [9.17, 15) is 9.59 Å². The van der Waals surface area contributed by atoms with Crippen molar-refractivity contribution in [2.75, 3.05) is 6.54 Å². The molecule has 8 heteroatoms. The van der Waals surface area contributed by atoms with Gasteiger partial charge in [-0.15, -0.1) is 0 Å². The lowest BCUT2D eigenvalue weighted by molar-refractivity contribution is -0.138. The number of nitrogens with zero attached hydrogens (tertiary/aromatic N) is 2. The second-order valence-corrected chi connectivity index (χ2v) is 4.42. The number of carboxylic acids is 1. The Bertz CT molecular complexity index is 402. The Labute approximate surface area is 104 Å². The summed E-state index contributed by atoms with van der Waals surface area (Å²) >= 11 is 0. The highest BCUT2D eigenvalue weighted by molar-refractivity contribution is 5.76. The molecule has 3 N–H and O–H groups in total. The van der Waals surface area contributed by atoms with Gasteiger partial charge >= 0.3 is 12.0 Å². The summed E-state index contributed by atoms with van der Waals surface area (Å²) in [4.78, 5) is 25.9. The van der Waals surface area contributed by atoms with E-state index in [1.807, 2.05) is 0 Å². The van der Waals surface area contributed by atoms with E-state index in [0.717, 1.165) is 0 Å². The quantitative estimate of drug-likeness (QED) is 0.667. The van der Waals surface area contributed by atoms with Crippen LogP contribution in [-0.2, 0) is 11.2 Å². The van der Waals surface area contributed by atoms with E-state index in [1.54, 1.807) is 13.8 Å². The predicted molar refractivity (Wildman–Crippen MR) is 60.9 cm³/mol. The summed E-state index contributed by atoms with van der Waals surface area (Å²) in [6.45, 7) is 3.61. The Balaban J connectivity index is 2.26. The molecule has 0 unspecified atom stereocenters. The Morgan fingerprint density at radius 2 is 2.22 bits per heavy atom. The Morgan fingerprint density at radius 1 is 1.50 bits per heavy atom. The molecular weight excluding hydrogens is 240 g/mol. The van der Waals surface area contributed by atoms with Crippen molar-refractivity contribution in [2.45, 2.75) is 32.2 Å². The van der Waals surface area contributed by atoms with Gasteiger partial charge in [0, 0.05) is 18.5 Å². The van der Waals surface area contributed by atoms with Gasteiger partial charge in [-0.05, 0) is 13.8 Å². The lowest BCUT2D eigenvalue weighted by Crippen LogP contribution is -2.49. The molecule has 0 saturated heterocycles. The van der Waals surface area contributed by atoms with Crippen molar-refractivity contribution in [2.24, 2.45) is 0 Å². The van der Waals surface area contributed by atoms with Crippen LogP contribution >= 0.6 is 0 Å². The Morgan fingerprint density at radius 3 is 2.78 bits per heavy atom. The highest BCUT2D eigenvalue weighted by Crippen LogP contribution is 2.07. The molecular formula is C10H16N4O4. The molecule has 0 atom stereocenters. The second-order valence-electron chi connectivity index (χ2n) is 4.42. The first-order chi connectivity index (χ1) is 8.39. The number of amides is 2. The number of carboxylic acid groups (broad SMARTS) is 1. The minimum atomic E-state index is -0.967. The van der Waals surface area contributed by atoms with Crippen LogP contribution in [0.1, 0.15) is 26.2 Å². The van der Waals surface area contributed by atoms with Gasteiger partial charge in [0.25, 0.3) is 0 Å². The maximum atomic E-state index is 11.5. The summed E-state index contributed by atoms with van der Waals surface area (Å²) in [5.74, 6) is -0.536. The summed E-state index contributed by atoms with van der Waals surface area (Å²) in [7, 11) is 0. The van der Waals surface area contributed by atoms with Gasteiger partial charge in [0.15, 0.2) is 6.33 Å². The second kappa shape index (κ2) is 5.99. The minimum Gasteiger partial charge on any atom is -0.481 e. The number of hydrogen-bond acceptors (Lipinski definition) is 5. The number of carbonyl (C=O) groups is 2. The van der Waals surface area contributed by atoms with Crippen molar-refractivity contribution in [1.82, 2.24) is 20.8 Å². The zero-order valence-corrected chi connectivity index (χ0v) is 10.3. The highest BCUT2D eigenvalue weighted by Gasteiger charge is 2.23. The highest BCUT2D eigenvalue weighted by atomic mass is 16.5. The molecule has 0 radical (unpaired) electrons. The predicted octanol–water partition coefficient (Wildman–Crippen LogP) is 0.165. The van der Waals surface area contributed by atoms with Gasteiger partial charge < -0.3 is 20.3 Å². The minimum absolute atomic E-state index is 0.149. The van der Waals surface area contributed by atoms with Crippen molar-refractivity contribution in [3.8, 4) is 0 Å². The molecule has 0 saturated carbocycles. The van der Waals surface area contributed by atoms with Crippen LogP contribution in [0.3, 0.4) is 0 Å². The fourth-order valence-electron chi connectivity index (χ4n) is 1.36. The molecule has 0 spiro atoms. The summed E-state index contributed by atoms with van der Waals surface area (Å²) in [6, 6.07) is -0.430. The third-order valence-corrected chi connectivity index (χ3v) is 2.08. The fourth-order valence-corrected chi connectivity index (χ4v) is 1.36. The molecule has 2 amide bonds. The Kier molecular flexibility index (Phi) is 4.64. The zero-order chi connectivity index (χ0) is 13.6. The van der Waals surface area contributed by atoms with Gasteiger partial charge in [-0.25, -0.2) is 4.79 Å². The van der Waals surface area contributed by atoms with Crippen LogP contribution in [0.4, 0.5) is 4.79 Å². The van der Waals surface area contributed by atoms with Crippen molar-refractivity contribution < 1.29 is 19.2 Å². The lowest BCUT2D eigenvalue weighted by atomic mass is 10.0. The van der Waals surface area contributed by atoms with Gasteiger partial charge in [-0.1, -0.05) is 5.16 Å². The molecule has 100 valence electrons. The normalized spacial score (nSPS) is 11.0. The molecule has 0 aliphatic rings. The van der Waals surface area contributed by atoms with Gasteiger partial charge in [0.2, 0.25) is 5.89 Å². The molecule has 18 heavy (non-hydrogen) atoms. The van der Waals surface area contributed by atoms with Crippen LogP contribution < -0.4 is 10.6 Å². The standard InChI is InChI=1S/C10H16N4O4/c1-10(2,5-8(15)16)14-9(17)11-4-3-7-12-6-13-18-7/h6H,3-5H2,1-2H3,(H,15,16)(H2,11,14,17). The number of rotatable bonds is 6. The number of nitrogens with one attached hydrogen (secondary N) is 2. The van der Waals surface area contributed by atoms with Crippen molar-refractivity contribution in [1.29, 1.82) is 0 Å². The van der Waals surface area contributed by atoms with Crippen LogP contribution in [0.25, 0.3) is 0 Å². The summed E-state index contributed by atoms with van der Waals surface area (Å²) in [6.07, 6.45) is 1.56. The van der Waals surface area contributed by atoms with E-state index in [1.165, 1.54) is 6.33 Å². The van der Waals surface area contributed by atoms with Crippen LogP contribution in [0.2, 0.25) is 0 Å². The largest absolute Gasteiger partial charge is 0.481 e. The molecule has 1 rings (SSSR count). The summed E-state index contributed by atoms with van der Waals surface area (Å²) < 4.78 is 4.76. The molecule has 1 aromatic heterocycles. The number of aromatic nitrogens is 2. The summed E-state index contributed by atoms with van der Waals surface area (Å²) in [5.41, 5.74) is -0.805. The lowest BCUT2D eigenvalue weighted by Gasteiger charge is -2.24. The molecule has 0 aromatic carbocycles. The first-order valence-electron chi connectivity index (χ1n) is 5.42. The van der Waals surface area contributed by atoms with E-state index in [4.69, 9.17) is 9.63 Å². The summed E-state index contributed by atoms with van der Waals surface area (Å²) in [5, 5.41) is 17.2. The van der Waals surface area contributed by atoms with E-state index in [-0.39, 0.29) is 6.42 Å². The molecule has 8 nitrogen and oxygen atoms in total. The van der Waals surface area contributed by atoms with Crippen LogP contribution in [0, 0.1) is 0 Å². The number of aliphatic carboxylic acids is 1. The van der Waals surface area contributed by atoms with Crippen LogP contribution in [0.15, 0.2) is 10.9 Å².